The maximum absolute atomic E-state index is 12.4. The first-order valence-electron chi connectivity index (χ1n) is 10.7. The molecule has 0 N–H and O–H groups in total. The van der Waals surface area contributed by atoms with Crippen molar-refractivity contribution in [3.63, 3.8) is 0 Å². The minimum Gasteiger partial charge on any atom is -0.461 e. The van der Waals surface area contributed by atoms with Crippen molar-refractivity contribution in [2.75, 3.05) is 0 Å². The van der Waals surface area contributed by atoms with Crippen molar-refractivity contribution in [3.8, 4) is 0 Å². The second-order valence-electron chi connectivity index (χ2n) is 9.01. The lowest BCUT2D eigenvalue weighted by molar-refractivity contribution is -0.146. The van der Waals surface area contributed by atoms with Gasteiger partial charge in [-0.1, -0.05) is 27.2 Å². The van der Waals surface area contributed by atoms with Gasteiger partial charge in [0.1, 0.15) is 12.2 Å². The number of esters is 2. The van der Waals surface area contributed by atoms with E-state index in [-0.39, 0.29) is 41.9 Å². The zero-order chi connectivity index (χ0) is 18.9. The van der Waals surface area contributed by atoms with E-state index in [4.69, 9.17) is 9.47 Å². The van der Waals surface area contributed by atoms with Gasteiger partial charge in [0.25, 0.3) is 0 Å². The molecule has 5 heteroatoms. The zero-order valence-corrected chi connectivity index (χ0v) is 16.4. The van der Waals surface area contributed by atoms with Crippen LogP contribution in [-0.4, -0.2) is 22.6 Å². The van der Waals surface area contributed by atoms with Crippen LogP contribution < -0.4 is 0 Å². The lowest BCUT2D eigenvalue weighted by Gasteiger charge is -2.39. The number of hydrogen-bond donors (Lipinski definition) is 0. The van der Waals surface area contributed by atoms with Gasteiger partial charge >= 0.3 is 11.9 Å². The van der Waals surface area contributed by atoms with Gasteiger partial charge in [-0.15, -0.1) is 0 Å². The lowest BCUT2D eigenvalue weighted by Crippen LogP contribution is -2.36. The van der Waals surface area contributed by atoms with E-state index >= 15 is 0 Å². The number of rotatable bonds is 2. The molecule has 3 aliphatic heterocycles. The Hall–Kier alpha value is -1.78. The summed E-state index contributed by atoms with van der Waals surface area (Å²) in [5.41, 5.74) is 3.85. The van der Waals surface area contributed by atoms with E-state index in [0.717, 1.165) is 37.9 Å². The molecule has 2 saturated heterocycles. The summed E-state index contributed by atoms with van der Waals surface area (Å²) in [4.78, 5) is 24.5. The van der Waals surface area contributed by atoms with E-state index in [1.165, 1.54) is 17.7 Å². The van der Waals surface area contributed by atoms with Crippen LogP contribution in [0, 0.1) is 17.8 Å². The quantitative estimate of drug-likeness (QED) is 0.736. The van der Waals surface area contributed by atoms with Gasteiger partial charge in [0.2, 0.25) is 0 Å². The first-order chi connectivity index (χ1) is 13.0. The van der Waals surface area contributed by atoms with Gasteiger partial charge in [0.15, 0.2) is 0 Å². The Bertz CT molecular complexity index is 796. The minimum absolute atomic E-state index is 0.00171. The molecule has 0 unspecified atom stereocenters. The molecule has 0 spiro atoms. The molecule has 0 aromatic carbocycles. The van der Waals surface area contributed by atoms with E-state index in [2.05, 4.69) is 17.6 Å². The highest BCUT2D eigenvalue weighted by Gasteiger charge is 2.54. The summed E-state index contributed by atoms with van der Waals surface area (Å²) in [5, 5.41) is 0. The Morgan fingerprint density at radius 3 is 2.67 bits per heavy atom. The Morgan fingerprint density at radius 1 is 1.15 bits per heavy atom. The van der Waals surface area contributed by atoms with Crippen LogP contribution >= 0.6 is 0 Å². The SMILES string of the molecule is CC[C@H]1[C@H]2OC(=O)[C@@H](C)[C@H]2c2cc([C@H]3C[C@H](C)C(=O)O3)n3c2[C@H]1CCCC3. The van der Waals surface area contributed by atoms with Gasteiger partial charge in [-0.2, -0.15) is 0 Å². The summed E-state index contributed by atoms with van der Waals surface area (Å²) in [6.45, 7) is 7.17. The number of hydrogen-bond acceptors (Lipinski definition) is 4. The monoisotopic (exact) mass is 371 g/mol. The molecule has 0 bridgehead atoms. The predicted molar refractivity (Wildman–Crippen MR) is 99.2 cm³/mol. The summed E-state index contributed by atoms with van der Waals surface area (Å²) >= 11 is 0. The van der Waals surface area contributed by atoms with E-state index in [9.17, 15) is 9.59 Å². The Morgan fingerprint density at radius 2 is 1.96 bits per heavy atom. The zero-order valence-electron chi connectivity index (χ0n) is 16.4. The fourth-order valence-electron chi connectivity index (χ4n) is 6.19. The molecule has 1 aliphatic carbocycles. The summed E-state index contributed by atoms with van der Waals surface area (Å²) in [6.07, 6.45) is 5.14. The molecule has 4 heterocycles. The van der Waals surface area contributed by atoms with Gasteiger partial charge in [-0.3, -0.25) is 9.59 Å². The Balaban J connectivity index is 1.67. The molecule has 0 amide bonds. The molecule has 4 aliphatic rings. The van der Waals surface area contributed by atoms with E-state index < -0.39 is 0 Å². The molecule has 146 valence electrons. The molecular formula is C22H29NO4. The van der Waals surface area contributed by atoms with Crippen LogP contribution in [0.1, 0.15) is 87.8 Å². The van der Waals surface area contributed by atoms with Crippen LogP contribution in [0.2, 0.25) is 0 Å². The number of ether oxygens (including phenoxy) is 2. The van der Waals surface area contributed by atoms with Crippen molar-refractivity contribution in [1.29, 1.82) is 0 Å². The third-order valence-electron chi connectivity index (χ3n) is 7.54. The summed E-state index contributed by atoms with van der Waals surface area (Å²) in [5.74, 6) is 0.690. The molecule has 27 heavy (non-hydrogen) atoms. The van der Waals surface area contributed by atoms with Gasteiger partial charge in [0, 0.05) is 36.4 Å². The maximum Gasteiger partial charge on any atom is 0.309 e. The van der Waals surface area contributed by atoms with Gasteiger partial charge in [0.05, 0.1) is 17.5 Å². The standard InChI is InChI=1S/C22H29NO4/c1-4-13-14-7-5-6-8-23-16(17-9-11(2)21(24)26-17)10-15(19(14)23)18-12(3)22(25)27-20(13)18/h10-14,17-18,20H,4-9H2,1-3H3/t11-,12-,13+,14-,17+,18-,20+/m0/s1. The highest BCUT2D eigenvalue weighted by Crippen LogP contribution is 2.55. The number of fused-ring (bicyclic) bond motifs is 2. The highest BCUT2D eigenvalue weighted by molar-refractivity contribution is 5.77. The Kier molecular flexibility index (Phi) is 3.92. The van der Waals surface area contributed by atoms with Crippen molar-refractivity contribution in [1.82, 2.24) is 4.57 Å². The third-order valence-corrected chi connectivity index (χ3v) is 7.54. The van der Waals surface area contributed by atoms with Gasteiger partial charge < -0.3 is 14.0 Å². The molecule has 2 fully saturated rings. The van der Waals surface area contributed by atoms with Crippen molar-refractivity contribution in [2.24, 2.45) is 17.8 Å². The summed E-state index contributed by atoms with van der Waals surface area (Å²) in [6, 6.07) is 2.26. The van der Waals surface area contributed by atoms with Gasteiger partial charge in [-0.25, -0.2) is 0 Å². The normalized spacial score (nSPS) is 40.2. The maximum atomic E-state index is 12.4. The fourth-order valence-corrected chi connectivity index (χ4v) is 6.19. The second kappa shape index (κ2) is 6.11. The van der Waals surface area contributed by atoms with Crippen LogP contribution in [0.25, 0.3) is 0 Å². The first kappa shape index (κ1) is 17.3. The predicted octanol–water partition coefficient (Wildman–Crippen LogP) is 4.06. The summed E-state index contributed by atoms with van der Waals surface area (Å²) in [7, 11) is 0. The van der Waals surface area contributed by atoms with Crippen LogP contribution in [-0.2, 0) is 25.6 Å². The Labute approximate surface area is 160 Å². The molecule has 0 radical (unpaired) electrons. The van der Waals surface area contributed by atoms with Crippen molar-refractivity contribution in [2.45, 2.75) is 83.5 Å². The average Bonchev–Trinajstić information content (AvgIpc) is 3.20. The van der Waals surface area contributed by atoms with Crippen molar-refractivity contribution >= 4 is 11.9 Å². The lowest BCUT2D eigenvalue weighted by atomic mass is 9.66. The van der Waals surface area contributed by atoms with Crippen LogP contribution in [0.15, 0.2) is 6.07 Å². The first-order valence-corrected chi connectivity index (χ1v) is 10.7. The van der Waals surface area contributed by atoms with Crippen molar-refractivity contribution < 1.29 is 19.1 Å². The smallest absolute Gasteiger partial charge is 0.309 e. The second-order valence-corrected chi connectivity index (χ2v) is 9.01. The van der Waals surface area contributed by atoms with Crippen LogP contribution in [0.3, 0.4) is 0 Å². The number of carbonyl (C=O) groups excluding carboxylic acids is 2. The highest BCUT2D eigenvalue weighted by atomic mass is 16.6. The third kappa shape index (κ3) is 2.36. The summed E-state index contributed by atoms with van der Waals surface area (Å²) < 4.78 is 14.1. The fraction of sp³-hybridized carbons (Fsp3) is 0.727. The number of nitrogens with zero attached hydrogens (tertiary/aromatic N) is 1. The minimum atomic E-state index is -0.149. The molecule has 1 aromatic rings. The topological polar surface area (TPSA) is 57.5 Å². The number of aromatic nitrogens is 1. The molecule has 5 rings (SSSR count). The van der Waals surface area contributed by atoms with E-state index in [1.54, 1.807) is 0 Å². The molecule has 0 saturated carbocycles. The molecule has 1 aromatic heterocycles. The number of cyclic esters (lactones) is 1. The molecule has 7 atom stereocenters. The number of carbonyl (C=O) groups is 2. The largest absolute Gasteiger partial charge is 0.461 e. The van der Waals surface area contributed by atoms with Crippen molar-refractivity contribution in [3.05, 3.63) is 23.0 Å². The van der Waals surface area contributed by atoms with E-state index in [0.29, 0.717) is 11.8 Å². The molecular weight excluding hydrogens is 342 g/mol. The average molecular weight is 371 g/mol. The van der Waals surface area contributed by atoms with E-state index in [1.807, 2.05) is 13.8 Å². The van der Waals surface area contributed by atoms with Crippen LogP contribution in [0.5, 0.6) is 0 Å². The van der Waals surface area contributed by atoms with Gasteiger partial charge in [-0.05, 0) is 30.9 Å². The van der Waals surface area contributed by atoms with Crippen LogP contribution in [0.4, 0.5) is 0 Å². The molecule has 5 nitrogen and oxygen atoms in total.